The van der Waals surface area contributed by atoms with Crippen LogP contribution in [0.25, 0.3) is 0 Å². The summed E-state index contributed by atoms with van der Waals surface area (Å²) in [4.78, 5) is 11.1. The van der Waals surface area contributed by atoms with Crippen LogP contribution < -0.4 is 0 Å². The van der Waals surface area contributed by atoms with Gasteiger partial charge in [-0.2, -0.15) is 0 Å². The van der Waals surface area contributed by atoms with Crippen molar-refractivity contribution in [2.75, 3.05) is 14.2 Å². The normalized spacial score (nSPS) is 13.1. The molecule has 0 radical (unpaired) electrons. The largest absolute Gasteiger partial charge is 0.467 e. The summed E-state index contributed by atoms with van der Waals surface area (Å²) in [5.41, 5.74) is 0. The standard InChI is InChI=1S/C11H20O3/c1-4-5-6-7-8-9-10(13-2)11(12)14-3/h8-10H,4-7H2,1-3H3/b9-8+. The van der Waals surface area contributed by atoms with E-state index in [1.54, 1.807) is 6.08 Å². The van der Waals surface area contributed by atoms with E-state index >= 15 is 0 Å². The van der Waals surface area contributed by atoms with E-state index in [0.29, 0.717) is 0 Å². The van der Waals surface area contributed by atoms with Gasteiger partial charge >= 0.3 is 5.97 Å². The van der Waals surface area contributed by atoms with Gasteiger partial charge in [-0.05, 0) is 18.9 Å². The molecular weight excluding hydrogens is 180 g/mol. The van der Waals surface area contributed by atoms with E-state index in [1.165, 1.54) is 27.1 Å². The van der Waals surface area contributed by atoms with Crippen LogP contribution in [0.1, 0.15) is 32.6 Å². The third kappa shape index (κ3) is 5.75. The van der Waals surface area contributed by atoms with Crippen LogP contribution in [0.3, 0.4) is 0 Å². The SMILES string of the molecule is CCCCC/C=C/C(OC)C(=O)OC. The van der Waals surface area contributed by atoms with Gasteiger partial charge in [-0.15, -0.1) is 0 Å². The van der Waals surface area contributed by atoms with Crippen LogP contribution in [0.5, 0.6) is 0 Å². The molecule has 0 amide bonds. The Hall–Kier alpha value is -0.830. The summed E-state index contributed by atoms with van der Waals surface area (Å²) in [7, 11) is 2.86. The summed E-state index contributed by atoms with van der Waals surface area (Å²) in [6.45, 7) is 2.16. The lowest BCUT2D eigenvalue weighted by molar-refractivity contribution is -0.149. The van der Waals surface area contributed by atoms with Gasteiger partial charge in [0.15, 0.2) is 6.10 Å². The lowest BCUT2D eigenvalue weighted by atomic mass is 10.2. The van der Waals surface area contributed by atoms with Crippen LogP contribution in [-0.2, 0) is 14.3 Å². The maximum atomic E-state index is 11.1. The average molecular weight is 200 g/mol. The minimum absolute atomic E-state index is 0.348. The lowest BCUT2D eigenvalue weighted by Gasteiger charge is -2.07. The lowest BCUT2D eigenvalue weighted by Crippen LogP contribution is -2.21. The fourth-order valence-corrected chi connectivity index (χ4v) is 1.10. The molecule has 0 aliphatic heterocycles. The Bertz CT molecular complexity index is 175. The van der Waals surface area contributed by atoms with Crippen LogP contribution in [0.4, 0.5) is 0 Å². The summed E-state index contributed by atoms with van der Waals surface area (Å²) in [6, 6.07) is 0. The van der Waals surface area contributed by atoms with Crippen molar-refractivity contribution in [2.45, 2.75) is 38.7 Å². The summed E-state index contributed by atoms with van der Waals surface area (Å²) in [5, 5.41) is 0. The molecule has 0 aliphatic carbocycles. The Balaban J connectivity index is 3.75. The Morgan fingerprint density at radius 3 is 2.57 bits per heavy atom. The van der Waals surface area contributed by atoms with E-state index in [9.17, 15) is 4.79 Å². The first-order chi connectivity index (χ1) is 6.76. The van der Waals surface area contributed by atoms with Gasteiger partial charge in [-0.1, -0.05) is 25.8 Å². The molecule has 14 heavy (non-hydrogen) atoms. The summed E-state index contributed by atoms with van der Waals surface area (Å²) in [5.74, 6) is -0.348. The second-order valence-electron chi connectivity index (χ2n) is 3.10. The predicted octanol–water partition coefficient (Wildman–Crippen LogP) is 2.31. The minimum Gasteiger partial charge on any atom is -0.467 e. The third-order valence-electron chi connectivity index (χ3n) is 1.97. The minimum atomic E-state index is -0.554. The Labute approximate surface area is 86.1 Å². The molecule has 0 heterocycles. The third-order valence-corrected chi connectivity index (χ3v) is 1.97. The van der Waals surface area contributed by atoms with Gasteiger partial charge in [0.1, 0.15) is 0 Å². The summed E-state index contributed by atoms with van der Waals surface area (Å²) < 4.78 is 9.51. The van der Waals surface area contributed by atoms with Crippen molar-refractivity contribution in [3.8, 4) is 0 Å². The zero-order valence-corrected chi connectivity index (χ0v) is 9.29. The van der Waals surface area contributed by atoms with E-state index in [1.807, 2.05) is 6.08 Å². The number of carbonyl (C=O) groups is 1. The number of carbonyl (C=O) groups excluding carboxylic acids is 1. The first-order valence-electron chi connectivity index (χ1n) is 5.03. The van der Waals surface area contributed by atoms with Crippen LogP contribution >= 0.6 is 0 Å². The molecule has 0 fully saturated rings. The molecule has 0 saturated carbocycles. The number of ether oxygens (including phenoxy) is 2. The number of hydrogen-bond donors (Lipinski definition) is 0. The van der Waals surface area contributed by atoms with E-state index < -0.39 is 6.10 Å². The number of hydrogen-bond acceptors (Lipinski definition) is 3. The molecule has 0 saturated heterocycles. The highest BCUT2D eigenvalue weighted by Crippen LogP contribution is 2.02. The van der Waals surface area contributed by atoms with Gasteiger partial charge in [0.25, 0.3) is 0 Å². The quantitative estimate of drug-likeness (QED) is 0.359. The highest BCUT2D eigenvalue weighted by Gasteiger charge is 2.13. The van der Waals surface area contributed by atoms with E-state index in [0.717, 1.165) is 12.8 Å². The van der Waals surface area contributed by atoms with E-state index in [2.05, 4.69) is 11.7 Å². The van der Waals surface area contributed by atoms with Gasteiger partial charge in [0, 0.05) is 7.11 Å². The number of unbranched alkanes of at least 4 members (excludes halogenated alkanes) is 3. The molecule has 0 rings (SSSR count). The molecule has 3 heteroatoms. The maximum absolute atomic E-state index is 11.1. The fraction of sp³-hybridized carbons (Fsp3) is 0.727. The van der Waals surface area contributed by atoms with Crippen molar-refractivity contribution in [1.82, 2.24) is 0 Å². The Morgan fingerprint density at radius 1 is 1.36 bits per heavy atom. The van der Waals surface area contributed by atoms with Gasteiger partial charge in [-0.3, -0.25) is 0 Å². The maximum Gasteiger partial charge on any atom is 0.339 e. The molecule has 0 aromatic carbocycles. The predicted molar refractivity (Wildman–Crippen MR) is 56.1 cm³/mol. The molecule has 0 spiro atoms. The molecule has 0 aliphatic rings. The van der Waals surface area contributed by atoms with Crippen LogP contribution in [0.15, 0.2) is 12.2 Å². The van der Waals surface area contributed by atoms with Crippen molar-refractivity contribution in [3.63, 3.8) is 0 Å². The zero-order chi connectivity index (χ0) is 10.8. The second-order valence-corrected chi connectivity index (χ2v) is 3.10. The average Bonchev–Trinajstić information content (AvgIpc) is 2.22. The molecule has 82 valence electrons. The zero-order valence-electron chi connectivity index (χ0n) is 9.29. The first-order valence-corrected chi connectivity index (χ1v) is 5.03. The smallest absolute Gasteiger partial charge is 0.339 e. The number of methoxy groups -OCH3 is 2. The Morgan fingerprint density at radius 2 is 2.07 bits per heavy atom. The van der Waals surface area contributed by atoms with Gasteiger partial charge in [0.05, 0.1) is 7.11 Å². The van der Waals surface area contributed by atoms with Crippen LogP contribution in [-0.4, -0.2) is 26.3 Å². The summed E-state index contributed by atoms with van der Waals surface area (Å²) in [6.07, 6.45) is 7.75. The van der Waals surface area contributed by atoms with Crippen molar-refractivity contribution in [1.29, 1.82) is 0 Å². The molecule has 1 unspecified atom stereocenters. The topological polar surface area (TPSA) is 35.5 Å². The molecule has 0 bridgehead atoms. The van der Waals surface area contributed by atoms with Crippen LogP contribution in [0, 0.1) is 0 Å². The van der Waals surface area contributed by atoms with Crippen molar-refractivity contribution < 1.29 is 14.3 Å². The molecule has 0 N–H and O–H groups in total. The van der Waals surface area contributed by atoms with Gasteiger partial charge < -0.3 is 9.47 Å². The fourth-order valence-electron chi connectivity index (χ4n) is 1.10. The second kappa shape index (κ2) is 8.75. The highest BCUT2D eigenvalue weighted by atomic mass is 16.6. The van der Waals surface area contributed by atoms with Gasteiger partial charge in [0.2, 0.25) is 0 Å². The van der Waals surface area contributed by atoms with Crippen molar-refractivity contribution >= 4 is 5.97 Å². The van der Waals surface area contributed by atoms with Crippen molar-refractivity contribution in [3.05, 3.63) is 12.2 Å². The number of allylic oxidation sites excluding steroid dienone is 1. The molecular formula is C11H20O3. The Kier molecular flexibility index (Phi) is 8.24. The first kappa shape index (κ1) is 13.2. The monoisotopic (exact) mass is 200 g/mol. The van der Waals surface area contributed by atoms with Crippen molar-refractivity contribution in [2.24, 2.45) is 0 Å². The number of esters is 1. The number of rotatable bonds is 7. The van der Waals surface area contributed by atoms with Gasteiger partial charge in [-0.25, -0.2) is 4.79 Å². The van der Waals surface area contributed by atoms with E-state index in [-0.39, 0.29) is 5.97 Å². The van der Waals surface area contributed by atoms with Crippen LogP contribution in [0.2, 0.25) is 0 Å². The molecule has 3 nitrogen and oxygen atoms in total. The van der Waals surface area contributed by atoms with E-state index in [4.69, 9.17) is 4.74 Å². The highest BCUT2D eigenvalue weighted by molar-refractivity contribution is 5.76. The molecule has 1 atom stereocenters. The molecule has 0 aromatic rings. The molecule has 0 aromatic heterocycles. The summed E-state index contributed by atoms with van der Waals surface area (Å²) >= 11 is 0.